The highest BCUT2D eigenvalue weighted by Crippen LogP contribution is 2.23. The predicted octanol–water partition coefficient (Wildman–Crippen LogP) is 4.62. The fourth-order valence-electron chi connectivity index (χ4n) is 2.33. The largest absolute Gasteiger partial charge is 0.423 e. The third-order valence-electron chi connectivity index (χ3n) is 3.46. The van der Waals surface area contributed by atoms with Crippen LogP contribution in [-0.2, 0) is 6.54 Å². The molecule has 0 saturated carbocycles. The van der Waals surface area contributed by atoms with Crippen LogP contribution < -0.4 is 10.9 Å². The summed E-state index contributed by atoms with van der Waals surface area (Å²) in [5.74, 6) is -0.297. The Hall–Kier alpha value is -2.14. The second-order valence-corrected chi connectivity index (χ2v) is 5.96. The van der Waals surface area contributed by atoms with Crippen molar-refractivity contribution in [2.45, 2.75) is 13.5 Å². The van der Waals surface area contributed by atoms with Gasteiger partial charge in [0.15, 0.2) is 0 Å². The van der Waals surface area contributed by atoms with Crippen molar-refractivity contribution < 1.29 is 8.81 Å². The van der Waals surface area contributed by atoms with E-state index in [0.717, 1.165) is 21.0 Å². The van der Waals surface area contributed by atoms with Gasteiger partial charge in [-0.1, -0.05) is 22.0 Å². The molecule has 2 aromatic carbocycles. The van der Waals surface area contributed by atoms with E-state index in [1.807, 2.05) is 19.1 Å². The Morgan fingerprint density at radius 3 is 2.82 bits per heavy atom. The van der Waals surface area contributed by atoms with Gasteiger partial charge >= 0.3 is 5.63 Å². The van der Waals surface area contributed by atoms with Crippen LogP contribution in [0.15, 0.2) is 56.1 Å². The molecule has 112 valence electrons. The van der Waals surface area contributed by atoms with Gasteiger partial charge in [0.25, 0.3) is 0 Å². The summed E-state index contributed by atoms with van der Waals surface area (Å²) >= 11 is 3.36. The molecule has 0 spiro atoms. The molecule has 0 aliphatic rings. The molecule has 3 nitrogen and oxygen atoms in total. The minimum atomic E-state index is -0.404. The minimum absolute atomic E-state index is 0.297. The number of rotatable bonds is 3. The van der Waals surface area contributed by atoms with Gasteiger partial charge in [-0.15, -0.1) is 0 Å². The van der Waals surface area contributed by atoms with Crippen molar-refractivity contribution in [2.24, 2.45) is 0 Å². The zero-order chi connectivity index (χ0) is 15.7. The Morgan fingerprint density at radius 1 is 1.18 bits per heavy atom. The fraction of sp³-hybridized carbons (Fsp3) is 0.118. The molecular formula is C17H13BrFNO2. The van der Waals surface area contributed by atoms with Crippen LogP contribution in [0.4, 0.5) is 10.1 Å². The summed E-state index contributed by atoms with van der Waals surface area (Å²) in [4.78, 5) is 11.7. The van der Waals surface area contributed by atoms with Gasteiger partial charge in [0, 0.05) is 28.2 Å². The monoisotopic (exact) mass is 361 g/mol. The fourth-order valence-corrected chi connectivity index (χ4v) is 2.67. The Bertz CT molecular complexity index is 905. The Balaban J connectivity index is 1.97. The molecule has 0 aliphatic heterocycles. The van der Waals surface area contributed by atoms with Gasteiger partial charge in [-0.3, -0.25) is 0 Å². The number of nitrogens with one attached hydrogen (secondary N) is 1. The third kappa shape index (κ3) is 3.04. The van der Waals surface area contributed by atoms with E-state index >= 15 is 0 Å². The molecule has 0 amide bonds. The molecule has 1 heterocycles. The molecule has 0 fully saturated rings. The maximum absolute atomic E-state index is 13.3. The molecule has 0 aliphatic carbocycles. The first-order valence-electron chi connectivity index (χ1n) is 6.75. The van der Waals surface area contributed by atoms with Crippen LogP contribution in [0.25, 0.3) is 11.0 Å². The van der Waals surface area contributed by atoms with E-state index in [4.69, 9.17) is 4.42 Å². The van der Waals surface area contributed by atoms with E-state index in [0.29, 0.717) is 17.8 Å². The van der Waals surface area contributed by atoms with Crippen molar-refractivity contribution in [1.29, 1.82) is 0 Å². The summed E-state index contributed by atoms with van der Waals surface area (Å²) in [6.45, 7) is 2.31. The predicted molar refractivity (Wildman–Crippen MR) is 88.6 cm³/mol. The molecule has 1 N–H and O–H groups in total. The quantitative estimate of drug-likeness (QED) is 0.692. The number of benzene rings is 2. The van der Waals surface area contributed by atoms with Crippen molar-refractivity contribution in [3.05, 3.63) is 74.3 Å². The smallest absolute Gasteiger partial charge is 0.336 e. The van der Waals surface area contributed by atoms with E-state index in [1.54, 1.807) is 12.1 Å². The van der Waals surface area contributed by atoms with E-state index in [2.05, 4.69) is 21.2 Å². The van der Waals surface area contributed by atoms with Crippen LogP contribution >= 0.6 is 15.9 Å². The highest BCUT2D eigenvalue weighted by molar-refractivity contribution is 9.10. The Labute approximate surface area is 134 Å². The molecule has 0 atom stereocenters. The number of anilines is 1. The first kappa shape index (κ1) is 14.8. The molecule has 0 radical (unpaired) electrons. The average Bonchev–Trinajstić information content (AvgIpc) is 2.47. The summed E-state index contributed by atoms with van der Waals surface area (Å²) in [5, 5.41) is 4.02. The van der Waals surface area contributed by atoms with Crippen molar-refractivity contribution in [3.8, 4) is 0 Å². The van der Waals surface area contributed by atoms with Gasteiger partial charge in [-0.25, -0.2) is 9.18 Å². The zero-order valence-electron chi connectivity index (χ0n) is 11.8. The van der Waals surface area contributed by atoms with Crippen molar-refractivity contribution in [3.63, 3.8) is 0 Å². The van der Waals surface area contributed by atoms with Gasteiger partial charge < -0.3 is 9.73 Å². The summed E-state index contributed by atoms with van der Waals surface area (Å²) < 4.78 is 19.4. The molecule has 3 aromatic rings. The van der Waals surface area contributed by atoms with Crippen LogP contribution in [-0.4, -0.2) is 0 Å². The molecule has 1 aromatic heterocycles. The van der Waals surface area contributed by atoms with Crippen molar-refractivity contribution in [1.82, 2.24) is 0 Å². The Morgan fingerprint density at radius 2 is 2.00 bits per heavy atom. The number of hydrogen-bond acceptors (Lipinski definition) is 3. The molecular weight excluding hydrogens is 349 g/mol. The van der Waals surface area contributed by atoms with Gasteiger partial charge in [-0.05, 0) is 48.4 Å². The summed E-state index contributed by atoms with van der Waals surface area (Å²) in [6, 6.07) is 11.6. The van der Waals surface area contributed by atoms with Crippen LogP contribution in [0, 0.1) is 12.7 Å². The first-order valence-corrected chi connectivity index (χ1v) is 7.54. The van der Waals surface area contributed by atoms with Crippen LogP contribution in [0.3, 0.4) is 0 Å². The van der Waals surface area contributed by atoms with E-state index < -0.39 is 5.63 Å². The standard InChI is InChI=1S/C17H13BrFNO2/c1-10-2-4-13(19)8-15(10)20-9-11-6-17(21)22-16-7-12(18)3-5-14(11)16/h2-8,20H,9H2,1H3. The second kappa shape index (κ2) is 5.93. The Kier molecular flexibility index (Phi) is 3.98. The van der Waals surface area contributed by atoms with Crippen molar-refractivity contribution >= 4 is 32.6 Å². The molecule has 3 rings (SSSR count). The molecule has 0 bridgehead atoms. The number of aryl methyl sites for hydroxylation is 1. The number of fused-ring (bicyclic) bond motifs is 1. The summed E-state index contributed by atoms with van der Waals surface area (Å²) in [7, 11) is 0. The van der Waals surface area contributed by atoms with Gasteiger partial charge in [-0.2, -0.15) is 0 Å². The molecule has 22 heavy (non-hydrogen) atoms. The summed E-state index contributed by atoms with van der Waals surface area (Å²) in [6.07, 6.45) is 0. The summed E-state index contributed by atoms with van der Waals surface area (Å²) in [5.41, 5.74) is 2.57. The highest BCUT2D eigenvalue weighted by atomic mass is 79.9. The van der Waals surface area contributed by atoms with Gasteiger partial charge in [0.2, 0.25) is 0 Å². The lowest BCUT2D eigenvalue weighted by Gasteiger charge is -2.11. The van der Waals surface area contributed by atoms with Crippen LogP contribution in [0.1, 0.15) is 11.1 Å². The maximum atomic E-state index is 13.3. The zero-order valence-corrected chi connectivity index (χ0v) is 13.4. The van der Waals surface area contributed by atoms with Crippen molar-refractivity contribution in [2.75, 3.05) is 5.32 Å². The number of hydrogen-bond donors (Lipinski definition) is 1. The topological polar surface area (TPSA) is 42.2 Å². The normalized spacial score (nSPS) is 10.9. The van der Waals surface area contributed by atoms with Gasteiger partial charge in [0.1, 0.15) is 11.4 Å². The van der Waals surface area contributed by atoms with E-state index in [1.165, 1.54) is 18.2 Å². The number of halogens is 2. The lowest BCUT2D eigenvalue weighted by Crippen LogP contribution is -2.06. The minimum Gasteiger partial charge on any atom is -0.423 e. The maximum Gasteiger partial charge on any atom is 0.336 e. The van der Waals surface area contributed by atoms with E-state index in [9.17, 15) is 9.18 Å². The molecule has 0 unspecified atom stereocenters. The third-order valence-corrected chi connectivity index (χ3v) is 3.95. The van der Waals surface area contributed by atoms with Crippen LogP contribution in [0.2, 0.25) is 0 Å². The van der Waals surface area contributed by atoms with E-state index in [-0.39, 0.29) is 5.82 Å². The lowest BCUT2D eigenvalue weighted by molar-refractivity contribution is 0.559. The lowest BCUT2D eigenvalue weighted by atomic mass is 10.1. The van der Waals surface area contributed by atoms with Crippen LogP contribution in [0.5, 0.6) is 0 Å². The second-order valence-electron chi connectivity index (χ2n) is 5.04. The molecule has 0 saturated heterocycles. The SMILES string of the molecule is Cc1ccc(F)cc1NCc1cc(=O)oc2cc(Br)ccc12. The highest BCUT2D eigenvalue weighted by Gasteiger charge is 2.07. The first-order chi connectivity index (χ1) is 10.5. The van der Waals surface area contributed by atoms with Gasteiger partial charge in [0.05, 0.1) is 0 Å². The average molecular weight is 362 g/mol. The molecule has 5 heteroatoms.